The first-order chi connectivity index (χ1) is 8.19. The Morgan fingerprint density at radius 1 is 1.29 bits per heavy atom. The third-order valence-electron chi connectivity index (χ3n) is 2.05. The molecule has 0 spiro atoms. The summed E-state index contributed by atoms with van der Waals surface area (Å²) in [5.41, 5.74) is 0. The van der Waals surface area contributed by atoms with Crippen LogP contribution in [0.25, 0.3) is 0 Å². The molecule has 0 aliphatic heterocycles. The van der Waals surface area contributed by atoms with Crippen molar-refractivity contribution in [3.05, 3.63) is 46.0 Å². The Balaban J connectivity index is 2.19. The summed E-state index contributed by atoms with van der Waals surface area (Å²) in [7, 11) is 0. The topological polar surface area (TPSA) is 22.1 Å². The Kier molecular flexibility index (Phi) is 4.31. The first-order valence-electron chi connectivity index (χ1n) is 4.82. The van der Waals surface area contributed by atoms with Crippen molar-refractivity contribution in [3.63, 3.8) is 0 Å². The van der Waals surface area contributed by atoms with Crippen LogP contribution in [0.5, 0.6) is 11.6 Å². The Labute approximate surface area is 117 Å². The second-order valence-electron chi connectivity index (χ2n) is 3.22. The number of pyridine rings is 1. The lowest BCUT2D eigenvalue weighted by molar-refractivity contribution is 0.462. The predicted molar refractivity (Wildman–Crippen MR) is 75.2 cm³/mol. The van der Waals surface area contributed by atoms with Gasteiger partial charge in [-0.1, -0.05) is 11.6 Å². The molecule has 0 aliphatic carbocycles. The van der Waals surface area contributed by atoms with Crippen molar-refractivity contribution in [2.75, 3.05) is 6.26 Å². The van der Waals surface area contributed by atoms with Gasteiger partial charge in [-0.25, -0.2) is 4.98 Å². The van der Waals surface area contributed by atoms with Crippen LogP contribution in [-0.2, 0) is 0 Å². The van der Waals surface area contributed by atoms with Crippen LogP contribution in [0.3, 0.4) is 0 Å². The molecule has 17 heavy (non-hydrogen) atoms. The number of halogens is 2. The molecule has 1 heterocycles. The van der Waals surface area contributed by atoms with Crippen LogP contribution in [0.15, 0.2) is 45.9 Å². The van der Waals surface area contributed by atoms with Gasteiger partial charge >= 0.3 is 0 Å². The molecule has 0 amide bonds. The average Bonchev–Trinajstić information content (AvgIpc) is 2.34. The van der Waals surface area contributed by atoms with Crippen LogP contribution in [0.4, 0.5) is 0 Å². The van der Waals surface area contributed by atoms with Crippen LogP contribution < -0.4 is 4.74 Å². The first-order valence-corrected chi connectivity index (χ1v) is 7.21. The third-order valence-corrected chi connectivity index (χ3v) is 3.50. The molecule has 0 saturated carbocycles. The molecule has 88 valence electrons. The maximum atomic E-state index is 6.02. The molecule has 2 aromatic rings. The minimum atomic E-state index is 0.409. The van der Waals surface area contributed by atoms with Gasteiger partial charge in [0, 0.05) is 15.6 Å². The Bertz CT molecular complexity index is 518. The molecule has 0 bridgehead atoms. The van der Waals surface area contributed by atoms with Gasteiger partial charge in [0.15, 0.2) is 0 Å². The highest BCUT2D eigenvalue weighted by Gasteiger charge is 2.05. The molecule has 0 radical (unpaired) electrons. The zero-order valence-electron chi connectivity index (χ0n) is 8.98. The number of aromatic nitrogens is 1. The van der Waals surface area contributed by atoms with E-state index in [1.54, 1.807) is 24.0 Å². The number of thioether (sulfide) groups is 1. The average molecular weight is 331 g/mol. The van der Waals surface area contributed by atoms with Gasteiger partial charge in [-0.3, -0.25) is 0 Å². The highest BCUT2D eigenvalue weighted by Crippen LogP contribution is 2.29. The molecule has 2 nitrogen and oxygen atoms in total. The monoisotopic (exact) mass is 329 g/mol. The maximum Gasteiger partial charge on any atom is 0.238 e. The maximum absolute atomic E-state index is 6.02. The molecule has 0 unspecified atom stereocenters. The minimum Gasteiger partial charge on any atom is -0.438 e. The molecule has 0 saturated heterocycles. The lowest BCUT2D eigenvalue weighted by Gasteiger charge is -2.06. The molecule has 1 aromatic heterocycles. The zero-order valence-corrected chi connectivity index (χ0v) is 12.1. The van der Waals surface area contributed by atoms with E-state index in [-0.39, 0.29) is 0 Å². The van der Waals surface area contributed by atoms with E-state index in [2.05, 4.69) is 20.9 Å². The number of nitrogens with zero attached hydrogens (tertiary/aromatic N) is 1. The Hall–Kier alpha value is -0.710. The van der Waals surface area contributed by atoms with E-state index in [1.807, 2.05) is 30.5 Å². The first kappa shape index (κ1) is 12.7. The van der Waals surface area contributed by atoms with Crippen molar-refractivity contribution in [1.82, 2.24) is 4.98 Å². The zero-order chi connectivity index (χ0) is 12.3. The largest absolute Gasteiger partial charge is 0.438 e. The Morgan fingerprint density at radius 2 is 2.00 bits per heavy atom. The lowest BCUT2D eigenvalue weighted by Crippen LogP contribution is -1.88. The number of benzene rings is 1. The van der Waals surface area contributed by atoms with E-state index < -0.39 is 0 Å². The van der Waals surface area contributed by atoms with Crippen LogP contribution in [0.2, 0.25) is 5.02 Å². The SMILES string of the molecule is CSc1ccc(Oc2ncc(Br)cc2Cl)cc1. The second kappa shape index (κ2) is 5.76. The van der Waals surface area contributed by atoms with Gasteiger partial charge in [0.05, 0.1) is 0 Å². The molecule has 2 rings (SSSR count). The molecule has 0 fully saturated rings. The summed E-state index contributed by atoms with van der Waals surface area (Å²) in [6.45, 7) is 0. The summed E-state index contributed by atoms with van der Waals surface area (Å²) < 4.78 is 6.42. The van der Waals surface area contributed by atoms with Crippen molar-refractivity contribution >= 4 is 39.3 Å². The summed E-state index contributed by atoms with van der Waals surface area (Å²) in [5, 5.41) is 0.480. The van der Waals surface area contributed by atoms with E-state index in [0.717, 1.165) is 10.2 Å². The van der Waals surface area contributed by atoms with E-state index in [1.165, 1.54) is 4.90 Å². The van der Waals surface area contributed by atoms with Crippen molar-refractivity contribution in [2.45, 2.75) is 4.90 Å². The number of hydrogen-bond donors (Lipinski definition) is 0. The van der Waals surface area contributed by atoms with E-state index in [4.69, 9.17) is 16.3 Å². The summed E-state index contributed by atoms with van der Waals surface area (Å²) in [6, 6.07) is 9.53. The molecule has 0 atom stereocenters. The summed E-state index contributed by atoms with van der Waals surface area (Å²) in [4.78, 5) is 5.30. The third kappa shape index (κ3) is 3.37. The van der Waals surface area contributed by atoms with Gasteiger partial charge in [0.2, 0.25) is 5.88 Å². The van der Waals surface area contributed by atoms with Gasteiger partial charge in [-0.15, -0.1) is 11.8 Å². The number of hydrogen-bond acceptors (Lipinski definition) is 3. The number of ether oxygens (including phenoxy) is 1. The second-order valence-corrected chi connectivity index (χ2v) is 5.42. The van der Waals surface area contributed by atoms with E-state index >= 15 is 0 Å². The summed E-state index contributed by atoms with van der Waals surface area (Å²) in [6.07, 6.45) is 3.68. The van der Waals surface area contributed by atoms with Gasteiger partial charge in [0.25, 0.3) is 0 Å². The fourth-order valence-corrected chi connectivity index (χ4v) is 2.31. The summed E-state index contributed by atoms with van der Waals surface area (Å²) in [5.74, 6) is 1.13. The van der Waals surface area contributed by atoms with Crippen LogP contribution in [0, 0.1) is 0 Å². The molecule has 0 N–H and O–H groups in total. The standard InChI is InChI=1S/C12H9BrClNOS/c1-17-10-4-2-9(3-5-10)16-12-11(14)6-8(13)7-15-12/h2-7H,1H3. The molecular weight excluding hydrogens is 322 g/mol. The minimum absolute atomic E-state index is 0.409. The van der Waals surface area contributed by atoms with E-state index in [0.29, 0.717) is 10.9 Å². The Morgan fingerprint density at radius 3 is 2.59 bits per heavy atom. The molecular formula is C12H9BrClNOS. The van der Waals surface area contributed by atoms with Crippen molar-refractivity contribution in [1.29, 1.82) is 0 Å². The number of rotatable bonds is 3. The van der Waals surface area contributed by atoms with Crippen LogP contribution in [0.1, 0.15) is 0 Å². The fourth-order valence-electron chi connectivity index (χ4n) is 1.23. The van der Waals surface area contributed by atoms with E-state index in [9.17, 15) is 0 Å². The van der Waals surface area contributed by atoms with Crippen LogP contribution >= 0.6 is 39.3 Å². The fraction of sp³-hybridized carbons (Fsp3) is 0.0833. The van der Waals surface area contributed by atoms with Crippen LogP contribution in [-0.4, -0.2) is 11.2 Å². The van der Waals surface area contributed by atoms with Crippen molar-refractivity contribution < 1.29 is 4.74 Å². The van der Waals surface area contributed by atoms with Crippen molar-refractivity contribution in [2.24, 2.45) is 0 Å². The van der Waals surface area contributed by atoms with Gasteiger partial charge < -0.3 is 4.74 Å². The molecule has 5 heteroatoms. The summed E-state index contributed by atoms with van der Waals surface area (Å²) >= 11 is 11.0. The normalized spacial score (nSPS) is 10.3. The van der Waals surface area contributed by atoms with Gasteiger partial charge in [0.1, 0.15) is 10.8 Å². The van der Waals surface area contributed by atoms with Gasteiger partial charge in [-0.05, 0) is 52.5 Å². The quantitative estimate of drug-likeness (QED) is 0.738. The highest BCUT2D eigenvalue weighted by molar-refractivity contribution is 9.10. The predicted octanol–water partition coefficient (Wildman–Crippen LogP) is 5.01. The van der Waals surface area contributed by atoms with Gasteiger partial charge in [-0.2, -0.15) is 0 Å². The lowest BCUT2D eigenvalue weighted by atomic mass is 10.3. The van der Waals surface area contributed by atoms with Crippen molar-refractivity contribution in [3.8, 4) is 11.6 Å². The highest BCUT2D eigenvalue weighted by atomic mass is 79.9. The molecule has 0 aliphatic rings. The molecule has 1 aromatic carbocycles. The smallest absolute Gasteiger partial charge is 0.238 e.